The van der Waals surface area contributed by atoms with Gasteiger partial charge in [0, 0.05) is 35.0 Å². The summed E-state index contributed by atoms with van der Waals surface area (Å²) in [6.45, 7) is 0. The molecule has 0 saturated carbocycles. The topological polar surface area (TPSA) is 28.7 Å². The number of H-pyrrole nitrogens is 1. The lowest BCUT2D eigenvalue weighted by Crippen LogP contribution is -1.87. The predicted molar refractivity (Wildman–Crippen MR) is 61.4 cm³/mol. The van der Waals surface area contributed by atoms with Crippen LogP contribution in [0.2, 0.25) is 0 Å². The molecule has 0 bridgehead atoms. The molecule has 3 rings (SSSR count). The largest absolute Gasteiger partial charge is 0.346 e. The van der Waals surface area contributed by atoms with Gasteiger partial charge in [0.15, 0.2) is 0 Å². The van der Waals surface area contributed by atoms with Crippen LogP contribution in [0.25, 0.3) is 22.2 Å². The fourth-order valence-electron chi connectivity index (χ4n) is 1.81. The van der Waals surface area contributed by atoms with E-state index in [-0.39, 0.29) is 0 Å². The van der Waals surface area contributed by atoms with Crippen molar-refractivity contribution >= 4 is 11.0 Å². The first-order chi connectivity index (χ1) is 8.24. The molecule has 1 N–H and O–H groups in total. The van der Waals surface area contributed by atoms with Gasteiger partial charge in [-0.2, -0.15) is 0 Å². The Labute approximate surface area is 95.9 Å². The van der Waals surface area contributed by atoms with Crippen LogP contribution in [0, 0.1) is 11.6 Å². The minimum atomic E-state index is -0.582. The summed E-state index contributed by atoms with van der Waals surface area (Å²) in [4.78, 5) is 7.12. The molecule has 0 aliphatic heterocycles. The van der Waals surface area contributed by atoms with E-state index >= 15 is 0 Å². The molecule has 2 aromatic heterocycles. The first-order valence-electron chi connectivity index (χ1n) is 5.12. The van der Waals surface area contributed by atoms with Crippen LogP contribution in [-0.2, 0) is 0 Å². The van der Waals surface area contributed by atoms with Crippen molar-refractivity contribution in [3.05, 3.63) is 54.4 Å². The third-order valence-electron chi connectivity index (χ3n) is 2.64. The smallest absolute Gasteiger partial charge is 0.137 e. The van der Waals surface area contributed by atoms with Gasteiger partial charge in [0.25, 0.3) is 0 Å². The Balaban J connectivity index is 2.19. The second-order valence-electron chi connectivity index (χ2n) is 3.76. The molecule has 0 unspecified atom stereocenters. The summed E-state index contributed by atoms with van der Waals surface area (Å²) in [5, 5.41) is 0.895. The van der Waals surface area contributed by atoms with Gasteiger partial charge in [-0.05, 0) is 24.3 Å². The third kappa shape index (κ3) is 1.67. The maximum atomic E-state index is 13.6. The van der Waals surface area contributed by atoms with E-state index in [9.17, 15) is 8.78 Å². The van der Waals surface area contributed by atoms with Crippen LogP contribution >= 0.6 is 0 Å². The fourth-order valence-corrected chi connectivity index (χ4v) is 1.81. The van der Waals surface area contributed by atoms with Crippen LogP contribution in [0.3, 0.4) is 0 Å². The van der Waals surface area contributed by atoms with Gasteiger partial charge >= 0.3 is 0 Å². The van der Waals surface area contributed by atoms with Crippen LogP contribution in [0.15, 0.2) is 42.7 Å². The predicted octanol–water partition coefficient (Wildman–Crippen LogP) is 3.51. The zero-order valence-corrected chi connectivity index (χ0v) is 8.74. The van der Waals surface area contributed by atoms with Gasteiger partial charge in [0.05, 0.1) is 0 Å². The second-order valence-corrected chi connectivity index (χ2v) is 3.76. The molecule has 0 atom stereocenters. The van der Waals surface area contributed by atoms with Crippen molar-refractivity contribution in [1.82, 2.24) is 9.97 Å². The molecule has 0 radical (unpaired) electrons. The van der Waals surface area contributed by atoms with Gasteiger partial charge in [-0.3, -0.25) is 0 Å². The highest BCUT2D eigenvalue weighted by atomic mass is 19.1. The van der Waals surface area contributed by atoms with Crippen molar-refractivity contribution in [3.8, 4) is 11.1 Å². The number of nitrogens with one attached hydrogen (secondary N) is 1. The van der Waals surface area contributed by atoms with E-state index < -0.39 is 11.6 Å². The summed E-state index contributed by atoms with van der Waals surface area (Å²) in [5.41, 5.74) is 1.73. The lowest BCUT2D eigenvalue weighted by molar-refractivity contribution is 0.585. The number of benzene rings is 1. The molecule has 3 aromatic rings. The molecule has 0 aliphatic rings. The number of aromatic amines is 1. The van der Waals surface area contributed by atoms with Crippen molar-refractivity contribution in [3.63, 3.8) is 0 Å². The summed E-state index contributed by atoms with van der Waals surface area (Å²) in [7, 11) is 0. The van der Waals surface area contributed by atoms with Gasteiger partial charge in [-0.15, -0.1) is 0 Å². The van der Waals surface area contributed by atoms with Crippen LogP contribution < -0.4 is 0 Å². The maximum Gasteiger partial charge on any atom is 0.137 e. The molecule has 1 aromatic carbocycles. The molecular formula is C13H8F2N2. The highest BCUT2D eigenvalue weighted by Gasteiger charge is 2.07. The van der Waals surface area contributed by atoms with Crippen molar-refractivity contribution in [2.24, 2.45) is 0 Å². The number of nitrogens with zero attached hydrogens (tertiary/aromatic N) is 1. The molecule has 0 spiro atoms. The van der Waals surface area contributed by atoms with Crippen molar-refractivity contribution in [2.75, 3.05) is 0 Å². The average molecular weight is 230 g/mol. The lowest BCUT2D eigenvalue weighted by atomic mass is 10.1. The van der Waals surface area contributed by atoms with E-state index in [1.54, 1.807) is 12.4 Å². The van der Waals surface area contributed by atoms with Crippen LogP contribution in [0.1, 0.15) is 0 Å². The summed E-state index contributed by atoms with van der Waals surface area (Å²) in [5.74, 6) is -1.16. The summed E-state index contributed by atoms with van der Waals surface area (Å²) in [6.07, 6.45) is 3.33. The minimum Gasteiger partial charge on any atom is -0.346 e. The number of hydrogen-bond acceptors (Lipinski definition) is 1. The van der Waals surface area contributed by atoms with Crippen molar-refractivity contribution < 1.29 is 8.78 Å². The molecule has 0 fully saturated rings. The summed E-state index contributed by atoms with van der Waals surface area (Å²) in [6, 6.07) is 7.19. The van der Waals surface area contributed by atoms with Crippen molar-refractivity contribution in [1.29, 1.82) is 0 Å². The second kappa shape index (κ2) is 3.66. The Morgan fingerprint density at radius 1 is 1.06 bits per heavy atom. The molecule has 4 heteroatoms. The summed E-state index contributed by atoms with van der Waals surface area (Å²) < 4.78 is 26.4. The first-order valence-corrected chi connectivity index (χ1v) is 5.12. The highest BCUT2D eigenvalue weighted by molar-refractivity contribution is 5.81. The van der Waals surface area contributed by atoms with Crippen LogP contribution in [-0.4, -0.2) is 9.97 Å². The number of fused-ring (bicyclic) bond motifs is 1. The van der Waals surface area contributed by atoms with Gasteiger partial charge in [-0.25, -0.2) is 13.8 Å². The van der Waals surface area contributed by atoms with Gasteiger partial charge in [0.2, 0.25) is 0 Å². The van der Waals surface area contributed by atoms with E-state index in [2.05, 4.69) is 9.97 Å². The Morgan fingerprint density at radius 3 is 2.76 bits per heavy atom. The molecular weight excluding hydrogens is 222 g/mol. The molecule has 0 amide bonds. The molecule has 17 heavy (non-hydrogen) atoms. The standard InChI is InChI=1S/C13H8F2N2/c14-10-1-2-11(12(15)6-10)9-5-8-3-4-16-13(8)17-7-9/h1-7H,(H,16,17). The first kappa shape index (κ1) is 9.96. The van der Waals surface area contributed by atoms with E-state index in [0.717, 1.165) is 17.1 Å². The SMILES string of the molecule is Fc1ccc(-c2cnc3[nH]ccc3c2)c(F)c1. The van der Waals surface area contributed by atoms with Gasteiger partial charge in [0.1, 0.15) is 17.3 Å². The maximum absolute atomic E-state index is 13.6. The molecule has 0 saturated heterocycles. The summed E-state index contributed by atoms with van der Waals surface area (Å²) >= 11 is 0. The zero-order chi connectivity index (χ0) is 11.8. The Kier molecular flexibility index (Phi) is 2.14. The number of aromatic nitrogens is 2. The molecule has 2 nitrogen and oxygen atoms in total. The quantitative estimate of drug-likeness (QED) is 0.680. The zero-order valence-electron chi connectivity index (χ0n) is 8.74. The number of pyridine rings is 1. The Hall–Kier alpha value is -2.23. The van der Waals surface area contributed by atoms with E-state index in [4.69, 9.17) is 0 Å². The number of hydrogen-bond donors (Lipinski definition) is 1. The van der Waals surface area contributed by atoms with Crippen molar-refractivity contribution in [2.45, 2.75) is 0 Å². The number of rotatable bonds is 1. The Morgan fingerprint density at radius 2 is 1.94 bits per heavy atom. The van der Waals surface area contributed by atoms with E-state index in [0.29, 0.717) is 11.1 Å². The monoisotopic (exact) mass is 230 g/mol. The highest BCUT2D eigenvalue weighted by Crippen LogP contribution is 2.25. The normalized spacial score (nSPS) is 10.9. The lowest BCUT2D eigenvalue weighted by Gasteiger charge is -2.03. The molecule has 2 heterocycles. The fraction of sp³-hybridized carbons (Fsp3) is 0. The van der Waals surface area contributed by atoms with E-state index in [1.807, 2.05) is 12.1 Å². The number of halogens is 2. The Bertz CT molecular complexity index is 689. The average Bonchev–Trinajstić information content (AvgIpc) is 2.75. The van der Waals surface area contributed by atoms with Gasteiger partial charge in [-0.1, -0.05) is 0 Å². The van der Waals surface area contributed by atoms with Crippen LogP contribution in [0.4, 0.5) is 8.78 Å². The van der Waals surface area contributed by atoms with E-state index in [1.165, 1.54) is 12.1 Å². The molecule has 0 aliphatic carbocycles. The van der Waals surface area contributed by atoms with Crippen LogP contribution in [0.5, 0.6) is 0 Å². The van der Waals surface area contributed by atoms with Gasteiger partial charge < -0.3 is 4.98 Å². The molecule has 84 valence electrons. The third-order valence-corrected chi connectivity index (χ3v) is 2.64. The minimum absolute atomic E-state index is 0.349.